The molecule has 0 atom stereocenters. The summed E-state index contributed by atoms with van der Waals surface area (Å²) >= 11 is 0. The van der Waals surface area contributed by atoms with E-state index in [0.717, 1.165) is 80.8 Å². The first-order valence-electron chi connectivity index (χ1n) is 18.5. The topological polar surface area (TPSA) is 135 Å². The van der Waals surface area contributed by atoms with Gasteiger partial charge in [0.1, 0.15) is 6.10 Å². The van der Waals surface area contributed by atoms with Crippen molar-refractivity contribution in [2.24, 2.45) is 0 Å². The molecule has 12 nitrogen and oxygen atoms in total. The number of carbonyl (C=O) groups is 4. The molecule has 0 unspecified atom stereocenters. The summed E-state index contributed by atoms with van der Waals surface area (Å²) in [7, 11) is 1.86. The van der Waals surface area contributed by atoms with Crippen LogP contribution in [-0.4, -0.2) is 121 Å². The molecule has 0 aliphatic carbocycles. The molecular weight excluding hydrogens is 660 g/mol. The number of likely N-dealkylation sites (tertiary alicyclic amines) is 1. The third-order valence-corrected chi connectivity index (χ3v) is 9.82. The van der Waals surface area contributed by atoms with Crippen LogP contribution in [0.4, 0.5) is 21.0 Å². The van der Waals surface area contributed by atoms with E-state index in [9.17, 15) is 24.3 Å². The van der Waals surface area contributed by atoms with Crippen molar-refractivity contribution in [3.63, 3.8) is 0 Å². The van der Waals surface area contributed by atoms with Crippen LogP contribution in [0.25, 0.3) is 11.1 Å². The average molecular weight is 713 g/mol. The Balaban J connectivity index is 0.906. The van der Waals surface area contributed by atoms with Gasteiger partial charge in [0.2, 0.25) is 5.91 Å². The van der Waals surface area contributed by atoms with Gasteiger partial charge in [0.25, 0.3) is 5.91 Å². The molecule has 2 fully saturated rings. The fourth-order valence-electron chi connectivity index (χ4n) is 6.65. The quantitative estimate of drug-likeness (QED) is 0.165. The fourth-order valence-corrected chi connectivity index (χ4v) is 6.65. The number of likely N-dealkylation sites (N-methyl/N-ethyl adjacent to an activating group) is 1. The lowest BCUT2D eigenvalue weighted by Crippen LogP contribution is -2.42. The molecule has 2 saturated heterocycles. The van der Waals surface area contributed by atoms with Crippen molar-refractivity contribution in [3.05, 3.63) is 84.4 Å². The first-order chi connectivity index (χ1) is 25.3. The Hall–Kier alpha value is -5.10. The number of unbranched alkanes of at least 4 members (excludes halogenated alkanes) is 2. The SMILES string of the molecule is CN(CCN1CCC(OC(=O)Nc2ccccc2-c2ccccc2)CC1)C(=O)CCCCCNc1ccc(C(=O)N2CCCN(C(=O)O)CC2)cc1. The van der Waals surface area contributed by atoms with E-state index in [1.807, 2.05) is 90.8 Å². The number of anilines is 2. The molecule has 0 spiro atoms. The van der Waals surface area contributed by atoms with Crippen LogP contribution in [0.1, 0.15) is 55.3 Å². The van der Waals surface area contributed by atoms with Gasteiger partial charge in [0.05, 0.1) is 5.69 Å². The van der Waals surface area contributed by atoms with E-state index >= 15 is 0 Å². The van der Waals surface area contributed by atoms with Crippen LogP contribution >= 0.6 is 0 Å². The summed E-state index contributed by atoms with van der Waals surface area (Å²) in [6.45, 7) is 5.59. The second kappa shape index (κ2) is 19.5. The summed E-state index contributed by atoms with van der Waals surface area (Å²) < 4.78 is 5.77. The largest absolute Gasteiger partial charge is 0.465 e. The third kappa shape index (κ3) is 11.5. The average Bonchev–Trinajstić information content (AvgIpc) is 3.43. The van der Waals surface area contributed by atoms with Gasteiger partial charge in [-0.25, -0.2) is 9.59 Å². The summed E-state index contributed by atoms with van der Waals surface area (Å²) in [6.07, 6.45) is 3.85. The van der Waals surface area contributed by atoms with E-state index in [1.165, 1.54) is 4.90 Å². The summed E-state index contributed by atoms with van der Waals surface area (Å²) in [5.74, 6) is 0.0743. The smallest absolute Gasteiger partial charge is 0.411 e. The first-order valence-corrected chi connectivity index (χ1v) is 18.5. The molecule has 4 amide bonds. The maximum absolute atomic E-state index is 12.9. The van der Waals surface area contributed by atoms with Gasteiger partial charge in [-0.3, -0.25) is 14.9 Å². The van der Waals surface area contributed by atoms with Gasteiger partial charge in [-0.1, -0.05) is 55.0 Å². The molecule has 3 aromatic rings. The molecule has 12 heteroatoms. The number of carboxylic acid groups (broad SMARTS) is 1. The molecular formula is C40H52N6O6. The van der Waals surface area contributed by atoms with Crippen molar-refractivity contribution >= 4 is 35.4 Å². The number of benzene rings is 3. The first kappa shape index (κ1) is 38.1. The maximum Gasteiger partial charge on any atom is 0.411 e. The number of hydrogen-bond donors (Lipinski definition) is 3. The minimum Gasteiger partial charge on any atom is -0.465 e. The number of rotatable bonds is 14. The predicted octanol–water partition coefficient (Wildman–Crippen LogP) is 6.32. The molecule has 2 heterocycles. The molecule has 0 saturated carbocycles. The molecule has 2 aliphatic heterocycles. The predicted molar refractivity (Wildman–Crippen MR) is 203 cm³/mol. The fraction of sp³-hybridized carbons (Fsp3) is 0.450. The van der Waals surface area contributed by atoms with Crippen molar-refractivity contribution < 1.29 is 29.0 Å². The summed E-state index contributed by atoms with van der Waals surface area (Å²) in [4.78, 5) is 56.9. The Morgan fingerprint density at radius 2 is 1.50 bits per heavy atom. The Bertz CT molecular complexity index is 1610. The van der Waals surface area contributed by atoms with Gasteiger partial charge < -0.3 is 34.8 Å². The molecule has 5 rings (SSSR count). The van der Waals surface area contributed by atoms with E-state index in [2.05, 4.69) is 15.5 Å². The normalized spacial score (nSPS) is 15.4. The van der Waals surface area contributed by atoms with Crippen molar-refractivity contribution in [1.29, 1.82) is 0 Å². The van der Waals surface area contributed by atoms with E-state index in [0.29, 0.717) is 51.1 Å². The minimum atomic E-state index is -0.943. The highest BCUT2D eigenvalue weighted by atomic mass is 16.6. The van der Waals surface area contributed by atoms with Crippen LogP contribution in [0.5, 0.6) is 0 Å². The molecule has 0 aromatic heterocycles. The van der Waals surface area contributed by atoms with E-state index in [-0.39, 0.29) is 17.9 Å². The summed E-state index contributed by atoms with van der Waals surface area (Å²) in [6, 6.07) is 25.1. The highest BCUT2D eigenvalue weighted by Gasteiger charge is 2.24. The van der Waals surface area contributed by atoms with Gasteiger partial charge in [-0.15, -0.1) is 0 Å². The molecule has 278 valence electrons. The number of amides is 4. The molecule has 52 heavy (non-hydrogen) atoms. The van der Waals surface area contributed by atoms with Crippen LogP contribution in [0, 0.1) is 0 Å². The van der Waals surface area contributed by atoms with Gasteiger partial charge in [0.15, 0.2) is 0 Å². The van der Waals surface area contributed by atoms with Gasteiger partial charge in [-0.2, -0.15) is 0 Å². The van der Waals surface area contributed by atoms with Crippen LogP contribution < -0.4 is 10.6 Å². The van der Waals surface area contributed by atoms with Crippen LogP contribution in [0.2, 0.25) is 0 Å². The van der Waals surface area contributed by atoms with Crippen molar-refractivity contribution in [2.45, 2.75) is 51.0 Å². The minimum absolute atomic E-state index is 0.0775. The highest BCUT2D eigenvalue weighted by Crippen LogP contribution is 2.28. The standard InChI is InChI=1S/C40H52N6O6/c1-43(27-28-44-25-20-34(21-26-44)52-39(49)42-36-14-8-7-13-35(36)31-11-4-2-5-12-31)37(47)15-6-3-9-22-41-33-18-16-32(17-19-33)38(48)45-23-10-24-46(30-29-45)40(50)51/h2,4-5,7-8,11-14,16-19,34,41H,3,6,9-10,15,20-30H2,1H3,(H,42,49)(H,50,51). The Labute approximate surface area is 306 Å². The summed E-state index contributed by atoms with van der Waals surface area (Å²) in [5.41, 5.74) is 4.23. The number of ether oxygens (including phenoxy) is 1. The lowest BCUT2D eigenvalue weighted by Gasteiger charge is -2.32. The highest BCUT2D eigenvalue weighted by molar-refractivity contribution is 5.94. The van der Waals surface area contributed by atoms with E-state index in [4.69, 9.17) is 4.74 Å². The number of para-hydroxylation sites is 1. The zero-order valence-electron chi connectivity index (χ0n) is 30.2. The van der Waals surface area contributed by atoms with Crippen molar-refractivity contribution in [2.75, 3.05) is 76.6 Å². The van der Waals surface area contributed by atoms with Crippen molar-refractivity contribution in [3.8, 4) is 11.1 Å². The zero-order valence-corrected chi connectivity index (χ0v) is 30.2. The Morgan fingerprint density at radius 1 is 0.808 bits per heavy atom. The number of nitrogens with zero attached hydrogens (tertiary/aromatic N) is 4. The van der Waals surface area contributed by atoms with E-state index < -0.39 is 12.2 Å². The monoisotopic (exact) mass is 712 g/mol. The lowest BCUT2D eigenvalue weighted by atomic mass is 10.0. The van der Waals surface area contributed by atoms with Gasteiger partial charge in [-0.05, 0) is 68.0 Å². The second-order valence-corrected chi connectivity index (χ2v) is 13.5. The molecule has 0 radical (unpaired) electrons. The Kier molecular flexibility index (Phi) is 14.3. The van der Waals surface area contributed by atoms with Gasteiger partial charge in [0, 0.05) is 89.2 Å². The second-order valence-electron chi connectivity index (χ2n) is 13.5. The lowest BCUT2D eigenvalue weighted by molar-refractivity contribution is -0.130. The third-order valence-electron chi connectivity index (χ3n) is 9.82. The molecule has 0 bridgehead atoms. The zero-order chi connectivity index (χ0) is 36.7. The number of hydrogen-bond acceptors (Lipinski definition) is 7. The van der Waals surface area contributed by atoms with E-state index in [1.54, 1.807) is 4.90 Å². The van der Waals surface area contributed by atoms with Crippen LogP contribution in [0.3, 0.4) is 0 Å². The maximum atomic E-state index is 12.9. The number of nitrogens with one attached hydrogen (secondary N) is 2. The molecule has 2 aliphatic rings. The number of piperidine rings is 1. The van der Waals surface area contributed by atoms with Crippen molar-refractivity contribution in [1.82, 2.24) is 19.6 Å². The Morgan fingerprint density at radius 3 is 2.25 bits per heavy atom. The molecule has 3 N–H and O–H groups in total. The van der Waals surface area contributed by atoms with Gasteiger partial charge >= 0.3 is 12.2 Å². The van der Waals surface area contributed by atoms with Crippen LogP contribution in [-0.2, 0) is 9.53 Å². The summed E-state index contributed by atoms with van der Waals surface area (Å²) in [5, 5.41) is 15.5. The molecule has 3 aromatic carbocycles. The number of carbonyl (C=O) groups excluding carboxylic acids is 3. The van der Waals surface area contributed by atoms with Crippen LogP contribution in [0.15, 0.2) is 78.9 Å².